The lowest BCUT2D eigenvalue weighted by molar-refractivity contribution is 0.303. The maximum absolute atomic E-state index is 6.30. The largest absolute Gasteiger partial charge is 0.488 e. The van der Waals surface area contributed by atoms with Gasteiger partial charge in [-0.2, -0.15) is 0 Å². The molecular formula is C23H24ClN5OS. The van der Waals surface area contributed by atoms with Crippen molar-refractivity contribution in [1.29, 1.82) is 0 Å². The van der Waals surface area contributed by atoms with Gasteiger partial charge in [0.2, 0.25) is 5.16 Å². The second kappa shape index (κ2) is 10.6. The van der Waals surface area contributed by atoms with Gasteiger partial charge in [0.15, 0.2) is 0 Å². The Hall–Kier alpha value is -2.61. The molecule has 6 nitrogen and oxygen atoms in total. The third kappa shape index (κ3) is 5.55. The molecule has 0 atom stereocenters. The highest BCUT2D eigenvalue weighted by molar-refractivity contribution is 7.99. The van der Waals surface area contributed by atoms with E-state index in [0.29, 0.717) is 6.61 Å². The number of rotatable bonds is 10. The van der Waals surface area contributed by atoms with Gasteiger partial charge in [-0.1, -0.05) is 71.9 Å². The van der Waals surface area contributed by atoms with Gasteiger partial charge in [-0.25, -0.2) is 4.68 Å². The van der Waals surface area contributed by atoms with Crippen LogP contribution in [0.1, 0.15) is 17.5 Å². The minimum atomic E-state index is 0.438. The minimum absolute atomic E-state index is 0.438. The van der Waals surface area contributed by atoms with Crippen molar-refractivity contribution in [3.63, 3.8) is 0 Å². The first kappa shape index (κ1) is 21.6. The Bertz CT molecular complexity index is 1150. The van der Waals surface area contributed by atoms with Crippen LogP contribution in [0.4, 0.5) is 0 Å². The van der Waals surface area contributed by atoms with Crippen LogP contribution in [0.15, 0.2) is 65.8 Å². The average molecular weight is 454 g/mol. The molecule has 1 aromatic heterocycles. The highest BCUT2D eigenvalue weighted by Crippen LogP contribution is 2.29. The monoisotopic (exact) mass is 453 g/mol. The van der Waals surface area contributed by atoms with Gasteiger partial charge in [-0.15, -0.1) is 5.10 Å². The number of hydrogen-bond donors (Lipinski definition) is 1. The molecule has 0 bridgehead atoms. The maximum atomic E-state index is 6.30. The topological polar surface area (TPSA) is 64.9 Å². The summed E-state index contributed by atoms with van der Waals surface area (Å²) in [6.45, 7) is 2.06. The molecule has 0 aliphatic heterocycles. The van der Waals surface area contributed by atoms with Gasteiger partial charge in [0, 0.05) is 35.5 Å². The van der Waals surface area contributed by atoms with Crippen molar-refractivity contribution in [2.24, 2.45) is 7.05 Å². The van der Waals surface area contributed by atoms with Crippen molar-refractivity contribution >= 4 is 34.1 Å². The van der Waals surface area contributed by atoms with Gasteiger partial charge >= 0.3 is 0 Å². The first-order chi connectivity index (χ1) is 15.2. The molecule has 8 heteroatoms. The summed E-state index contributed by atoms with van der Waals surface area (Å²) in [5.41, 5.74) is 2.14. The Morgan fingerprint density at radius 1 is 1.06 bits per heavy atom. The van der Waals surface area contributed by atoms with Crippen molar-refractivity contribution in [2.75, 3.05) is 12.3 Å². The summed E-state index contributed by atoms with van der Waals surface area (Å²) < 4.78 is 7.89. The van der Waals surface area contributed by atoms with Gasteiger partial charge in [-0.05, 0) is 46.3 Å². The van der Waals surface area contributed by atoms with Crippen LogP contribution in [0.5, 0.6) is 5.75 Å². The van der Waals surface area contributed by atoms with Crippen molar-refractivity contribution < 1.29 is 4.74 Å². The van der Waals surface area contributed by atoms with Gasteiger partial charge in [0.25, 0.3) is 0 Å². The molecule has 31 heavy (non-hydrogen) atoms. The fourth-order valence-electron chi connectivity index (χ4n) is 3.32. The van der Waals surface area contributed by atoms with Crippen molar-refractivity contribution in [2.45, 2.75) is 24.7 Å². The normalized spacial score (nSPS) is 11.2. The number of tetrazole rings is 1. The van der Waals surface area contributed by atoms with Crippen LogP contribution in [0, 0.1) is 0 Å². The smallest absolute Gasteiger partial charge is 0.209 e. The molecule has 4 aromatic rings. The highest BCUT2D eigenvalue weighted by Gasteiger charge is 2.10. The number of nitrogens with one attached hydrogen (secondary N) is 1. The van der Waals surface area contributed by atoms with Gasteiger partial charge < -0.3 is 10.1 Å². The van der Waals surface area contributed by atoms with E-state index >= 15 is 0 Å². The van der Waals surface area contributed by atoms with E-state index in [1.165, 1.54) is 10.8 Å². The number of benzene rings is 3. The zero-order valence-corrected chi connectivity index (χ0v) is 18.9. The fourth-order valence-corrected chi connectivity index (χ4v) is 4.30. The summed E-state index contributed by atoms with van der Waals surface area (Å²) in [7, 11) is 1.85. The van der Waals surface area contributed by atoms with Crippen LogP contribution < -0.4 is 10.1 Å². The van der Waals surface area contributed by atoms with Crippen molar-refractivity contribution in [1.82, 2.24) is 25.5 Å². The first-order valence-corrected chi connectivity index (χ1v) is 11.5. The van der Waals surface area contributed by atoms with Crippen LogP contribution in [-0.4, -0.2) is 32.5 Å². The van der Waals surface area contributed by atoms with Crippen molar-refractivity contribution in [3.8, 4) is 5.75 Å². The molecular weight excluding hydrogens is 430 g/mol. The van der Waals surface area contributed by atoms with Gasteiger partial charge in [-0.3, -0.25) is 0 Å². The predicted octanol–water partition coefficient (Wildman–Crippen LogP) is 4.87. The molecule has 0 aliphatic rings. The molecule has 0 radical (unpaired) electrons. The van der Waals surface area contributed by atoms with Gasteiger partial charge in [0.05, 0.1) is 0 Å². The lowest BCUT2D eigenvalue weighted by Crippen LogP contribution is -2.16. The molecule has 0 fully saturated rings. The Morgan fingerprint density at radius 3 is 2.74 bits per heavy atom. The van der Waals surface area contributed by atoms with E-state index in [-0.39, 0.29) is 0 Å². The molecule has 0 spiro atoms. The molecule has 3 aromatic carbocycles. The second-order valence-corrected chi connectivity index (χ2v) is 8.58. The summed E-state index contributed by atoms with van der Waals surface area (Å²) in [5.74, 6) is 1.83. The first-order valence-electron chi connectivity index (χ1n) is 10.1. The van der Waals surface area contributed by atoms with E-state index in [9.17, 15) is 0 Å². The Labute approximate surface area is 190 Å². The summed E-state index contributed by atoms with van der Waals surface area (Å²) in [4.78, 5) is 0. The molecule has 0 aliphatic carbocycles. The fraction of sp³-hybridized carbons (Fsp3) is 0.261. The van der Waals surface area contributed by atoms with E-state index in [2.05, 4.69) is 51.2 Å². The highest BCUT2D eigenvalue weighted by atomic mass is 35.5. The number of nitrogens with zero attached hydrogens (tertiary/aromatic N) is 4. The summed E-state index contributed by atoms with van der Waals surface area (Å²) in [5, 5.41) is 19.0. The Balaban J connectivity index is 1.39. The zero-order valence-electron chi connectivity index (χ0n) is 17.3. The van der Waals surface area contributed by atoms with E-state index in [4.69, 9.17) is 16.3 Å². The third-order valence-corrected chi connectivity index (χ3v) is 6.42. The van der Waals surface area contributed by atoms with Crippen molar-refractivity contribution in [3.05, 3.63) is 76.8 Å². The second-order valence-electron chi connectivity index (χ2n) is 7.11. The van der Waals surface area contributed by atoms with E-state index in [0.717, 1.165) is 52.3 Å². The number of hydrogen-bond acceptors (Lipinski definition) is 6. The molecule has 0 saturated carbocycles. The lowest BCUT2D eigenvalue weighted by Gasteiger charge is -2.16. The quantitative estimate of drug-likeness (QED) is 0.273. The number of thioether (sulfide) groups is 1. The summed E-state index contributed by atoms with van der Waals surface area (Å²) >= 11 is 7.96. The van der Waals surface area contributed by atoms with Crippen LogP contribution in [-0.2, 0) is 20.2 Å². The standard InChI is InChI=1S/C23H24ClN5OS/c1-29-23(26-27-28-29)31-14-6-13-25-15-20-19-9-4-2-7-17(19)11-12-22(20)30-16-18-8-3-5-10-21(18)24/h2-5,7-12,25H,6,13-16H2,1H3. The SMILES string of the molecule is Cn1nnnc1SCCCNCc1c(OCc2ccccc2Cl)ccc2ccccc12. The average Bonchev–Trinajstić information content (AvgIpc) is 3.20. The van der Waals surface area contributed by atoms with E-state index in [1.807, 2.05) is 37.4 Å². The van der Waals surface area contributed by atoms with Crippen LogP contribution in [0.3, 0.4) is 0 Å². The number of aromatic nitrogens is 4. The van der Waals surface area contributed by atoms with Crippen LogP contribution in [0.2, 0.25) is 5.02 Å². The van der Waals surface area contributed by atoms with E-state index in [1.54, 1.807) is 16.4 Å². The predicted molar refractivity (Wildman–Crippen MR) is 126 cm³/mol. The van der Waals surface area contributed by atoms with E-state index < -0.39 is 0 Å². The van der Waals surface area contributed by atoms with Gasteiger partial charge in [0.1, 0.15) is 12.4 Å². The Morgan fingerprint density at radius 2 is 1.90 bits per heavy atom. The molecule has 0 unspecified atom stereocenters. The molecule has 4 rings (SSSR count). The number of halogens is 1. The summed E-state index contributed by atoms with van der Waals surface area (Å²) in [6, 6.07) is 20.3. The molecule has 160 valence electrons. The van der Waals surface area contributed by atoms with Crippen LogP contribution >= 0.6 is 23.4 Å². The zero-order chi connectivity index (χ0) is 21.5. The number of aryl methyl sites for hydroxylation is 1. The lowest BCUT2D eigenvalue weighted by atomic mass is 10.0. The Kier molecular flexibility index (Phi) is 7.40. The van der Waals surface area contributed by atoms with Crippen LogP contribution in [0.25, 0.3) is 10.8 Å². The minimum Gasteiger partial charge on any atom is -0.488 e. The molecule has 1 N–H and O–H groups in total. The number of ether oxygens (including phenoxy) is 1. The number of fused-ring (bicyclic) bond motifs is 1. The molecule has 1 heterocycles. The maximum Gasteiger partial charge on any atom is 0.209 e. The third-order valence-electron chi connectivity index (χ3n) is 4.95. The summed E-state index contributed by atoms with van der Waals surface area (Å²) in [6.07, 6.45) is 1.01. The molecule has 0 amide bonds. The molecule has 0 saturated heterocycles.